The maximum absolute atomic E-state index is 9.41. The molecule has 2 nitrogen and oxygen atoms in total. The molecule has 0 atom stereocenters. The number of hydrogen-bond acceptors (Lipinski definition) is 4. The van der Waals surface area contributed by atoms with Gasteiger partial charge in [-0.25, -0.2) is 0 Å². The first-order valence-corrected chi connectivity index (χ1v) is 29.4. The minimum absolute atomic E-state index is 0.767. The molecule has 0 aliphatic carbocycles. The van der Waals surface area contributed by atoms with Crippen molar-refractivity contribution in [1.82, 2.24) is 0 Å². The fourth-order valence-electron chi connectivity index (χ4n) is 2.12. The molecule has 6 heteroatoms. The Hall–Kier alpha value is -0.283. The SMILES string of the molecule is [CH3][Sn]([CH3])([CH3])[c]1cc(C#N)c(C=Cc2s[c]([Sn]([CH3])([CH3])[CH3])cc2C#N)s1. The molecule has 0 bridgehead atoms. The Morgan fingerprint density at radius 3 is 1.33 bits per heavy atom. The van der Waals surface area contributed by atoms with Crippen LogP contribution in [0.4, 0.5) is 0 Å². The van der Waals surface area contributed by atoms with Gasteiger partial charge in [-0.3, -0.25) is 0 Å². The van der Waals surface area contributed by atoms with E-state index in [0.717, 1.165) is 20.9 Å². The Morgan fingerprint density at radius 1 is 0.750 bits per heavy atom. The quantitative estimate of drug-likeness (QED) is 0.498. The average Bonchev–Trinajstić information content (AvgIpc) is 3.07. The van der Waals surface area contributed by atoms with Gasteiger partial charge in [-0.15, -0.1) is 0 Å². The molecule has 0 saturated carbocycles. The fraction of sp³-hybridized carbons (Fsp3) is 0.333. The van der Waals surface area contributed by atoms with Crippen LogP contribution >= 0.6 is 22.7 Å². The molecular weight excluding hydrogens is 546 g/mol. The van der Waals surface area contributed by atoms with Gasteiger partial charge >= 0.3 is 163 Å². The molecule has 124 valence electrons. The van der Waals surface area contributed by atoms with Crippen LogP contribution in [0.5, 0.6) is 0 Å². The molecule has 2 rings (SSSR count). The van der Waals surface area contributed by atoms with E-state index in [-0.39, 0.29) is 0 Å². The Bertz CT molecular complexity index is 791. The van der Waals surface area contributed by atoms with Crippen LogP contribution in [0.15, 0.2) is 12.1 Å². The standard InChI is InChI=1S/C12H4N2S2.6CH3.2Sn/c13-7-9-3-5-15-11(9)1-2-12-10(8-14)4-6-16-12;;;;;;;;/h1-4H;6*1H3;;. The molecule has 0 amide bonds. The summed E-state index contributed by atoms with van der Waals surface area (Å²) in [4.78, 5) is 16.2. The van der Waals surface area contributed by atoms with Crippen molar-refractivity contribution >= 4 is 77.4 Å². The third-order valence-electron chi connectivity index (χ3n) is 3.63. The first-order valence-electron chi connectivity index (χ1n) is 7.83. The summed E-state index contributed by atoms with van der Waals surface area (Å²) in [7, 11) is 0. The second-order valence-electron chi connectivity index (χ2n) is 7.83. The number of nitrogens with zero attached hydrogens (tertiary/aromatic N) is 2. The van der Waals surface area contributed by atoms with Gasteiger partial charge in [-0.05, 0) is 0 Å². The Balaban J connectivity index is 2.43. The van der Waals surface area contributed by atoms with Gasteiger partial charge in [-0.1, -0.05) is 0 Å². The molecule has 2 aromatic rings. The van der Waals surface area contributed by atoms with E-state index in [0.29, 0.717) is 0 Å². The zero-order chi connectivity index (χ0) is 18.1. The van der Waals surface area contributed by atoms with Crippen LogP contribution in [0.25, 0.3) is 12.2 Å². The van der Waals surface area contributed by atoms with Crippen molar-refractivity contribution < 1.29 is 0 Å². The molecule has 0 saturated heterocycles. The van der Waals surface area contributed by atoms with Crippen molar-refractivity contribution in [3.63, 3.8) is 0 Å². The van der Waals surface area contributed by atoms with Crippen molar-refractivity contribution in [3.05, 3.63) is 33.0 Å². The topological polar surface area (TPSA) is 47.6 Å². The second-order valence-corrected chi connectivity index (χ2v) is 40.8. The van der Waals surface area contributed by atoms with Gasteiger partial charge in [-0.2, -0.15) is 0 Å². The molecule has 0 unspecified atom stereocenters. The van der Waals surface area contributed by atoms with Crippen LogP contribution in [-0.2, 0) is 0 Å². The molecule has 24 heavy (non-hydrogen) atoms. The summed E-state index contributed by atoms with van der Waals surface area (Å²) in [6.07, 6.45) is 4.05. The first kappa shape index (κ1) is 20.0. The Morgan fingerprint density at radius 2 is 1.08 bits per heavy atom. The van der Waals surface area contributed by atoms with Gasteiger partial charge in [0.05, 0.1) is 0 Å². The van der Waals surface area contributed by atoms with E-state index >= 15 is 0 Å². The summed E-state index contributed by atoms with van der Waals surface area (Å²) in [6, 6.07) is 8.81. The zero-order valence-electron chi connectivity index (χ0n) is 15.0. The molecule has 0 N–H and O–H groups in total. The predicted molar refractivity (Wildman–Crippen MR) is 113 cm³/mol. The van der Waals surface area contributed by atoms with E-state index in [1.165, 1.54) is 5.79 Å². The van der Waals surface area contributed by atoms with E-state index < -0.39 is 36.8 Å². The predicted octanol–water partition coefficient (Wildman–Crippen LogP) is 4.81. The zero-order valence-corrected chi connectivity index (χ0v) is 22.4. The first-order chi connectivity index (χ1) is 11.1. The number of hydrogen-bond donors (Lipinski definition) is 0. The van der Waals surface area contributed by atoms with E-state index in [2.05, 4.69) is 53.9 Å². The van der Waals surface area contributed by atoms with Crippen LogP contribution in [-0.4, -0.2) is 36.8 Å². The van der Waals surface area contributed by atoms with E-state index in [1.54, 1.807) is 22.7 Å². The summed E-state index contributed by atoms with van der Waals surface area (Å²) < 4.78 is 2.83. The third kappa shape index (κ3) is 4.66. The second kappa shape index (κ2) is 7.53. The molecule has 0 aromatic carbocycles. The minimum atomic E-state index is -2.16. The summed E-state index contributed by atoms with van der Waals surface area (Å²) in [5.74, 6) is 0. The van der Waals surface area contributed by atoms with Gasteiger partial charge in [0, 0.05) is 0 Å². The van der Waals surface area contributed by atoms with Crippen molar-refractivity contribution in [2.45, 2.75) is 29.6 Å². The molecular formula is C18H22N2S2Sn2. The number of nitriles is 2. The number of thiophene rings is 2. The van der Waals surface area contributed by atoms with Crippen molar-refractivity contribution in [2.24, 2.45) is 0 Å². The molecule has 2 heterocycles. The monoisotopic (exact) mass is 570 g/mol. The van der Waals surface area contributed by atoms with Crippen molar-refractivity contribution in [2.75, 3.05) is 0 Å². The van der Waals surface area contributed by atoms with Gasteiger partial charge in [0.25, 0.3) is 0 Å². The molecule has 0 spiro atoms. The average molecular weight is 568 g/mol. The molecule has 0 radical (unpaired) electrons. The van der Waals surface area contributed by atoms with Gasteiger partial charge in [0.2, 0.25) is 0 Å². The molecule has 0 fully saturated rings. The molecule has 2 aromatic heterocycles. The summed E-state index contributed by atoms with van der Waals surface area (Å²) in [6.45, 7) is 0. The van der Waals surface area contributed by atoms with Crippen LogP contribution in [0, 0.1) is 22.7 Å². The number of rotatable bonds is 4. The summed E-state index contributed by atoms with van der Waals surface area (Å²) >= 11 is -0.808. The van der Waals surface area contributed by atoms with Crippen LogP contribution in [0.3, 0.4) is 0 Å². The Labute approximate surface area is 161 Å². The van der Waals surface area contributed by atoms with Crippen LogP contribution < -0.4 is 5.79 Å². The van der Waals surface area contributed by atoms with E-state index in [9.17, 15) is 10.5 Å². The van der Waals surface area contributed by atoms with Crippen LogP contribution in [0.1, 0.15) is 20.9 Å². The van der Waals surface area contributed by atoms with Crippen molar-refractivity contribution in [1.29, 1.82) is 10.5 Å². The van der Waals surface area contributed by atoms with E-state index in [4.69, 9.17) is 0 Å². The molecule has 0 aliphatic heterocycles. The van der Waals surface area contributed by atoms with Gasteiger partial charge in [0.1, 0.15) is 0 Å². The van der Waals surface area contributed by atoms with Gasteiger partial charge < -0.3 is 0 Å². The van der Waals surface area contributed by atoms with Crippen LogP contribution in [0.2, 0.25) is 29.6 Å². The van der Waals surface area contributed by atoms with Crippen molar-refractivity contribution in [3.8, 4) is 12.1 Å². The summed E-state index contributed by atoms with van der Waals surface area (Å²) in [5, 5.41) is 18.8. The normalized spacial score (nSPS) is 12.3. The van der Waals surface area contributed by atoms with Gasteiger partial charge in [0.15, 0.2) is 0 Å². The Kier molecular flexibility index (Phi) is 6.29. The maximum atomic E-state index is 9.41. The van der Waals surface area contributed by atoms with E-state index in [1.807, 2.05) is 12.2 Å². The summed E-state index contributed by atoms with van der Waals surface area (Å²) in [5.41, 5.74) is 1.53. The third-order valence-corrected chi connectivity index (χ3v) is 24.7. The fourth-order valence-corrected chi connectivity index (χ4v) is 14.7. The molecule has 0 aliphatic rings.